The first-order chi connectivity index (χ1) is 14.5. The summed E-state index contributed by atoms with van der Waals surface area (Å²) in [5.74, 6) is -0.115. The van der Waals surface area contributed by atoms with Gasteiger partial charge in [0.1, 0.15) is 11.4 Å². The molecule has 0 atom stereocenters. The molecule has 158 valence electrons. The molecule has 1 heterocycles. The number of aryl methyl sites for hydroxylation is 2. The van der Waals surface area contributed by atoms with Gasteiger partial charge in [0.05, 0.1) is 12.7 Å². The Bertz CT molecular complexity index is 981. The van der Waals surface area contributed by atoms with Crippen molar-refractivity contribution in [3.05, 3.63) is 64.9 Å². The molecule has 0 aliphatic carbocycles. The van der Waals surface area contributed by atoms with Crippen LogP contribution >= 0.6 is 0 Å². The van der Waals surface area contributed by atoms with Gasteiger partial charge in [-0.05, 0) is 44.9 Å². The Morgan fingerprint density at radius 2 is 1.80 bits per heavy atom. The maximum atomic E-state index is 13.3. The normalized spacial score (nSPS) is 13.9. The van der Waals surface area contributed by atoms with Crippen LogP contribution in [0.5, 0.6) is 5.75 Å². The molecule has 2 aromatic carbocycles. The minimum absolute atomic E-state index is 0.271. The van der Waals surface area contributed by atoms with Gasteiger partial charge in [-0.1, -0.05) is 35.9 Å². The summed E-state index contributed by atoms with van der Waals surface area (Å²) < 4.78 is 10.8. The van der Waals surface area contributed by atoms with Gasteiger partial charge in [-0.25, -0.2) is 0 Å². The summed E-state index contributed by atoms with van der Waals surface area (Å²) in [5.41, 5.74) is 4.11. The van der Waals surface area contributed by atoms with Crippen LogP contribution in [0.3, 0.4) is 0 Å². The second-order valence-corrected chi connectivity index (χ2v) is 7.21. The lowest BCUT2D eigenvalue weighted by molar-refractivity contribution is -0.137. The van der Waals surface area contributed by atoms with Gasteiger partial charge in [0, 0.05) is 31.0 Å². The highest BCUT2D eigenvalue weighted by Gasteiger charge is 2.40. The van der Waals surface area contributed by atoms with Crippen molar-refractivity contribution in [2.24, 2.45) is 0 Å². The number of imide groups is 1. The van der Waals surface area contributed by atoms with Crippen molar-refractivity contribution >= 4 is 23.1 Å². The van der Waals surface area contributed by atoms with Crippen molar-refractivity contribution in [3.8, 4) is 5.75 Å². The second-order valence-electron chi connectivity index (χ2n) is 7.21. The summed E-state index contributed by atoms with van der Waals surface area (Å²) in [7, 11) is 1.55. The highest BCUT2D eigenvalue weighted by Crippen LogP contribution is 2.35. The van der Waals surface area contributed by atoms with E-state index in [9.17, 15) is 9.59 Å². The molecule has 0 fully saturated rings. The average molecular weight is 408 g/mol. The molecule has 0 saturated heterocycles. The van der Waals surface area contributed by atoms with E-state index in [1.54, 1.807) is 19.2 Å². The maximum absolute atomic E-state index is 13.3. The first-order valence-corrected chi connectivity index (χ1v) is 10.1. The summed E-state index contributed by atoms with van der Waals surface area (Å²) in [6.45, 7) is 7.30. The number of nitrogens with zero attached hydrogens (tertiary/aromatic N) is 1. The summed E-state index contributed by atoms with van der Waals surface area (Å²) in [6, 6.07) is 13.2. The lowest BCUT2D eigenvalue weighted by Gasteiger charge is -2.15. The fourth-order valence-electron chi connectivity index (χ4n) is 3.55. The van der Waals surface area contributed by atoms with Gasteiger partial charge in [-0.2, -0.15) is 0 Å². The van der Waals surface area contributed by atoms with Crippen LogP contribution in [0.1, 0.15) is 30.0 Å². The molecule has 0 spiro atoms. The molecule has 0 bridgehead atoms. The molecule has 2 amide bonds. The Morgan fingerprint density at radius 3 is 2.50 bits per heavy atom. The Kier molecular flexibility index (Phi) is 6.90. The molecule has 1 aliphatic heterocycles. The van der Waals surface area contributed by atoms with Crippen molar-refractivity contribution in [1.29, 1.82) is 0 Å². The van der Waals surface area contributed by atoms with Crippen molar-refractivity contribution in [2.45, 2.75) is 27.2 Å². The minimum atomic E-state index is -0.336. The summed E-state index contributed by atoms with van der Waals surface area (Å²) in [6.07, 6.45) is 0.585. The van der Waals surface area contributed by atoms with Crippen LogP contribution in [-0.2, 0) is 14.3 Å². The van der Waals surface area contributed by atoms with E-state index in [-0.39, 0.29) is 17.5 Å². The number of hydrogen-bond acceptors (Lipinski definition) is 5. The molecule has 0 radical (unpaired) electrons. The Balaban J connectivity index is 2.02. The van der Waals surface area contributed by atoms with Crippen molar-refractivity contribution in [3.63, 3.8) is 0 Å². The van der Waals surface area contributed by atoms with Gasteiger partial charge in [-0.15, -0.1) is 0 Å². The number of hydrogen-bond donors (Lipinski definition) is 1. The van der Waals surface area contributed by atoms with Crippen molar-refractivity contribution < 1.29 is 19.1 Å². The molecule has 30 heavy (non-hydrogen) atoms. The molecule has 1 N–H and O–H groups in total. The number of methoxy groups -OCH3 is 1. The van der Waals surface area contributed by atoms with E-state index < -0.39 is 0 Å². The lowest BCUT2D eigenvalue weighted by atomic mass is 10.0. The lowest BCUT2D eigenvalue weighted by Crippen LogP contribution is -2.34. The monoisotopic (exact) mass is 408 g/mol. The number of carbonyl (C=O) groups is 2. The van der Waals surface area contributed by atoms with E-state index in [4.69, 9.17) is 9.47 Å². The SMILES string of the molecule is CCOCCCN1C(=O)C(Nc2ccc(C)cc2C)=C(c2ccccc2OC)C1=O. The zero-order chi connectivity index (χ0) is 21.7. The topological polar surface area (TPSA) is 67.9 Å². The Morgan fingerprint density at radius 1 is 1.03 bits per heavy atom. The zero-order valence-corrected chi connectivity index (χ0v) is 18.0. The van der Waals surface area contributed by atoms with E-state index in [1.165, 1.54) is 4.90 Å². The summed E-state index contributed by atoms with van der Waals surface area (Å²) in [5, 5.41) is 3.23. The predicted molar refractivity (Wildman–Crippen MR) is 117 cm³/mol. The number of anilines is 1. The molecule has 2 aromatic rings. The molecule has 0 unspecified atom stereocenters. The molecule has 3 rings (SSSR count). The first-order valence-electron chi connectivity index (χ1n) is 10.1. The molecular formula is C24H28N2O4. The number of nitrogens with one attached hydrogen (secondary N) is 1. The van der Waals surface area contributed by atoms with Crippen LogP contribution in [0.4, 0.5) is 5.69 Å². The van der Waals surface area contributed by atoms with Gasteiger partial charge in [-0.3, -0.25) is 14.5 Å². The molecule has 6 nitrogen and oxygen atoms in total. The molecule has 0 aromatic heterocycles. The minimum Gasteiger partial charge on any atom is -0.496 e. The van der Waals surface area contributed by atoms with E-state index in [0.717, 1.165) is 16.8 Å². The third-order valence-electron chi connectivity index (χ3n) is 5.06. The summed E-state index contributed by atoms with van der Waals surface area (Å²) >= 11 is 0. The summed E-state index contributed by atoms with van der Waals surface area (Å²) in [4.78, 5) is 27.8. The third kappa shape index (κ3) is 4.39. The average Bonchev–Trinajstić information content (AvgIpc) is 2.97. The first kappa shape index (κ1) is 21.6. The highest BCUT2D eigenvalue weighted by atomic mass is 16.5. The van der Waals surface area contributed by atoms with E-state index in [0.29, 0.717) is 43.1 Å². The van der Waals surface area contributed by atoms with Gasteiger partial charge < -0.3 is 14.8 Å². The second kappa shape index (κ2) is 9.59. The van der Waals surface area contributed by atoms with Crippen molar-refractivity contribution in [1.82, 2.24) is 4.90 Å². The number of para-hydroxylation sites is 1. The highest BCUT2D eigenvalue weighted by molar-refractivity contribution is 6.37. The number of benzene rings is 2. The van der Waals surface area contributed by atoms with Crippen LogP contribution in [0.25, 0.3) is 5.57 Å². The quantitative estimate of drug-likeness (QED) is 0.503. The van der Waals surface area contributed by atoms with Gasteiger partial charge in [0.25, 0.3) is 11.8 Å². The maximum Gasteiger partial charge on any atom is 0.278 e. The van der Waals surface area contributed by atoms with Crippen LogP contribution < -0.4 is 10.1 Å². The fourth-order valence-corrected chi connectivity index (χ4v) is 3.55. The van der Waals surface area contributed by atoms with Gasteiger partial charge in [0.15, 0.2) is 0 Å². The third-order valence-corrected chi connectivity index (χ3v) is 5.06. The molecule has 6 heteroatoms. The number of amides is 2. The standard InChI is InChI=1S/C24H28N2O4/c1-5-30-14-8-13-26-23(27)21(18-9-6-7-10-20(18)29-4)22(24(26)28)25-19-12-11-16(2)15-17(19)3/h6-7,9-12,15,25H,5,8,13-14H2,1-4H3. The number of rotatable bonds is 9. The molecule has 1 aliphatic rings. The largest absolute Gasteiger partial charge is 0.496 e. The van der Waals surface area contributed by atoms with E-state index >= 15 is 0 Å². The van der Waals surface area contributed by atoms with E-state index in [2.05, 4.69) is 5.32 Å². The van der Waals surface area contributed by atoms with Crippen LogP contribution in [0, 0.1) is 13.8 Å². The van der Waals surface area contributed by atoms with Gasteiger partial charge in [0.2, 0.25) is 0 Å². The zero-order valence-electron chi connectivity index (χ0n) is 18.0. The van der Waals surface area contributed by atoms with Crippen LogP contribution in [0.15, 0.2) is 48.2 Å². The Labute approximate surface area is 177 Å². The molecule has 0 saturated carbocycles. The predicted octanol–water partition coefficient (Wildman–Crippen LogP) is 3.93. The Hall–Kier alpha value is -3.12. The number of carbonyl (C=O) groups excluding carboxylic acids is 2. The van der Waals surface area contributed by atoms with Crippen LogP contribution in [0.2, 0.25) is 0 Å². The van der Waals surface area contributed by atoms with Gasteiger partial charge >= 0.3 is 0 Å². The smallest absolute Gasteiger partial charge is 0.278 e. The molecular weight excluding hydrogens is 380 g/mol. The van der Waals surface area contributed by atoms with E-state index in [1.807, 2.05) is 51.1 Å². The van der Waals surface area contributed by atoms with Crippen LogP contribution in [-0.4, -0.2) is 43.6 Å². The van der Waals surface area contributed by atoms with Crippen molar-refractivity contribution in [2.75, 3.05) is 32.2 Å². The fraction of sp³-hybridized carbons (Fsp3) is 0.333. The number of ether oxygens (including phenoxy) is 2.